The summed E-state index contributed by atoms with van der Waals surface area (Å²) >= 11 is 11.7. The second kappa shape index (κ2) is 6.26. The molecular weight excluding hydrogens is 289 g/mol. The highest BCUT2D eigenvalue weighted by Gasteiger charge is 2.23. The van der Waals surface area contributed by atoms with Crippen molar-refractivity contribution in [1.29, 1.82) is 0 Å². The van der Waals surface area contributed by atoms with Crippen LogP contribution in [-0.2, 0) is 9.53 Å². The van der Waals surface area contributed by atoms with Gasteiger partial charge in [0.05, 0.1) is 16.6 Å². The summed E-state index contributed by atoms with van der Waals surface area (Å²) < 4.78 is 5.23. The van der Waals surface area contributed by atoms with E-state index in [1.165, 1.54) is 11.0 Å². The summed E-state index contributed by atoms with van der Waals surface area (Å²) in [4.78, 5) is 23.9. The van der Waals surface area contributed by atoms with Gasteiger partial charge in [0.2, 0.25) is 0 Å². The van der Waals surface area contributed by atoms with E-state index < -0.39 is 11.7 Å². The molecule has 0 aliphatic rings. The molecule has 0 unspecified atom stereocenters. The first-order valence-electron chi connectivity index (χ1n) is 5.64. The number of nitrogens with zero attached hydrogens (tertiary/aromatic N) is 1. The molecule has 0 aromatic heterocycles. The Hall–Kier alpha value is -1.26. The smallest absolute Gasteiger partial charge is 0.415 e. The van der Waals surface area contributed by atoms with Crippen LogP contribution in [0.2, 0.25) is 10.0 Å². The molecule has 1 aromatic rings. The molecule has 0 bridgehead atoms. The fourth-order valence-corrected chi connectivity index (χ4v) is 1.62. The molecule has 0 atom stereocenters. The van der Waals surface area contributed by atoms with Crippen LogP contribution in [0.4, 0.5) is 10.5 Å². The molecule has 0 radical (unpaired) electrons. The predicted molar refractivity (Wildman–Crippen MR) is 76.1 cm³/mol. The van der Waals surface area contributed by atoms with Crippen LogP contribution < -0.4 is 4.90 Å². The average molecular weight is 304 g/mol. The maximum atomic E-state index is 12.0. The Labute approximate surface area is 122 Å². The average Bonchev–Trinajstić information content (AvgIpc) is 2.27. The lowest BCUT2D eigenvalue weighted by atomic mass is 10.2. The summed E-state index contributed by atoms with van der Waals surface area (Å²) in [6.45, 7) is 5.13. The van der Waals surface area contributed by atoms with Crippen molar-refractivity contribution in [3.63, 3.8) is 0 Å². The van der Waals surface area contributed by atoms with Crippen molar-refractivity contribution in [2.45, 2.75) is 26.4 Å². The van der Waals surface area contributed by atoms with Gasteiger partial charge >= 0.3 is 6.09 Å². The number of ether oxygens (including phenoxy) is 1. The van der Waals surface area contributed by atoms with Gasteiger partial charge in [-0.05, 0) is 39.0 Å². The zero-order chi connectivity index (χ0) is 14.6. The van der Waals surface area contributed by atoms with Gasteiger partial charge in [0.25, 0.3) is 0 Å². The second-order valence-electron chi connectivity index (χ2n) is 4.86. The molecule has 0 N–H and O–H groups in total. The quantitative estimate of drug-likeness (QED) is 0.795. The minimum absolute atomic E-state index is 0.118. The van der Waals surface area contributed by atoms with E-state index in [0.717, 1.165) is 0 Å². The fraction of sp³-hybridized carbons (Fsp3) is 0.385. The van der Waals surface area contributed by atoms with E-state index in [1.54, 1.807) is 32.9 Å². The maximum absolute atomic E-state index is 12.0. The molecule has 0 saturated carbocycles. The standard InChI is InChI=1S/C13H15Cl2NO3/c1-13(2,3)19-12(18)16(6-7-17)9-4-5-10(14)11(15)8-9/h4-5,7-8H,6H2,1-3H3. The van der Waals surface area contributed by atoms with Gasteiger partial charge in [-0.3, -0.25) is 4.90 Å². The molecular formula is C13H15Cl2NO3. The van der Waals surface area contributed by atoms with Crippen LogP contribution in [0.5, 0.6) is 0 Å². The lowest BCUT2D eigenvalue weighted by Gasteiger charge is -2.26. The number of hydrogen-bond donors (Lipinski definition) is 0. The SMILES string of the molecule is CC(C)(C)OC(=O)N(CC=O)c1ccc(Cl)c(Cl)c1. The maximum Gasteiger partial charge on any atom is 0.415 e. The normalized spacial score (nSPS) is 11.0. The van der Waals surface area contributed by atoms with Gasteiger partial charge in [0, 0.05) is 5.69 Å². The molecule has 0 spiro atoms. The molecule has 0 aliphatic carbocycles. The zero-order valence-electron chi connectivity index (χ0n) is 10.9. The Morgan fingerprint density at radius 1 is 1.32 bits per heavy atom. The number of aldehydes is 1. The third-order valence-electron chi connectivity index (χ3n) is 2.09. The molecule has 4 nitrogen and oxygen atoms in total. The van der Waals surface area contributed by atoms with E-state index in [2.05, 4.69) is 0 Å². The summed E-state index contributed by atoms with van der Waals surface area (Å²) in [5, 5.41) is 0.680. The summed E-state index contributed by atoms with van der Waals surface area (Å²) in [6, 6.07) is 4.67. The van der Waals surface area contributed by atoms with Crippen LogP contribution in [0.15, 0.2) is 18.2 Å². The van der Waals surface area contributed by atoms with E-state index in [-0.39, 0.29) is 6.54 Å². The van der Waals surface area contributed by atoms with Crippen molar-refractivity contribution < 1.29 is 14.3 Å². The van der Waals surface area contributed by atoms with E-state index in [1.807, 2.05) is 0 Å². The van der Waals surface area contributed by atoms with Gasteiger partial charge < -0.3 is 9.53 Å². The Balaban J connectivity index is 3.02. The van der Waals surface area contributed by atoms with Crippen LogP contribution in [-0.4, -0.2) is 24.5 Å². The Bertz CT molecular complexity index is 483. The largest absolute Gasteiger partial charge is 0.443 e. The summed E-state index contributed by atoms with van der Waals surface area (Å²) in [5.41, 5.74) is -0.190. The molecule has 0 saturated heterocycles. The first-order valence-corrected chi connectivity index (χ1v) is 6.39. The molecule has 0 heterocycles. The first-order chi connectivity index (χ1) is 8.74. The van der Waals surface area contributed by atoms with Gasteiger partial charge in [-0.2, -0.15) is 0 Å². The van der Waals surface area contributed by atoms with Gasteiger partial charge in [0.15, 0.2) is 0 Å². The van der Waals surface area contributed by atoms with Crippen molar-refractivity contribution in [2.24, 2.45) is 0 Å². The van der Waals surface area contributed by atoms with Gasteiger partial charge in [-0.15, -0.1) is 0 Å². The highest BCUT2D eigenvalue weighted by Crippen LogP contribution is 2.27. The van der Waals surface area contributed by atoms with E-state index in [0.29, 0.717) is 22.0 Å². The topological polar surface area (TPSA) is 46.6 Å². The summed E-state index contributed by atoms with van der Waals surface area (Å²) in [7, 11) is 0. The van der Waals surface area contributed by atoms with E-state index in [9.17, 15) is 9.59 Å². The monoisotopic (exact) mass is 303 g/mol. The lowest BCUT2D eigenvalue weighted by Crippen LogP contribution is -2.38. The number of hydrogen-bond acceptors (Lipinski definition) is 3. The number of rotatable bonds is 3. The molecule has 1 rings (SSSR count). The van der Waals surface area contributed by atoms with Crippen molar-refractivity contribution in [2.75, 3.05) is 11.4 Å². The Morgan fingerprint density at radius 3 is 2.42 bits per heavy atom. The minimum atomic E-state index is -0.644. The number of anilines is 1. The van der Waals surface area contributed by atoms with Crippen molar-refractivity contribution in [3.05, 3.63) is 28.2 Å². The number of carbonyl (C=O) groups is 2. The van der Waals surface area contributed by atoms with Gasteiger partial charge in [-0.1, -0.05) is 23.2 Å². The third kappa shape index (κ3) is 4.73. The Kier molecular flexibility index (Phi) is 5.20. The van der Waals surface area contributed by atoms with Crippen LogP contribution >= 0.6 is 23.2 Å². The third-order valence-corrected chi connectivity index (χ3v) is 2.82. The van der Waals surface area contributed by atoms with Crippen molar-refractivity contribution in [1.82, 2.24) is 0 Å². The molecule has 104 valence electrons. The highest BCUT2D eigenvalue weighted by atomic mass is 35.5. The van der Waals surface area contributed by atoms with Crippen molar-refractivity contribution >= 4 is 41.3 Å². The molecule has 0 aliphatic heterocycles. The van der Waals surface area contributed by atoms with Crippen LogP contribution in [0.1, 0.15) is 20.8 Å². The van der Waals surface area contributed by atoms with Crippen LogP contribution in [0.3, 0.4) is 0 Å². The number of halogens is 2. The fourth-order valence-electron chi connectivity index (χ4n) is 1.33. The molecule has 1 amide bonds. The van der Waals surface area contributed by atoms with Crippen LogP contribution in [0.25, 0.3) is 0 Å². The first kappa shape index (κ1) is 15.8. The van der Waals surface area contributed by atoms with Crippen LogP contribution in [0, 0.1) is 0 Å². The zero-order valence-corrected chi connectivity index (χ0v) is 12.5. The van der Waals surface area contributed by atoms with Gasteiger partial charge in [-0.25, -0.2) is 4.79 Å². The number of amides is 1. The van der Waals surface area contributed by atoms with Crippen molar-refractivity contribution in [3.8, 4) is 0 Å². The van der Waals surface area contributed by atoms with E-state index in [4.69, 9.17) is 27.9 Å². The molecule has 1 aromatic carbocycles. The molecule has 6 heteroatoms. The second-order valence-corrected chi connectivity index (χ2v) is 5.67. The number of carbonyl (C=O) groups excluding carboxylic acids is 2. The molecule has 0 fully saturated rings. The Morgan fingerprint density at radius 2 is 1.95 bits per heavy atom. The minimum Gasteiger partial charge on any atom is -0.443 e. The van der Waals surface area contributed by atoms with E-state index >= 15 is 0 Å². The summed E-state index contributed by atoms with van der Waals surface area (Å²) in [5.74, 6) is 0. The van der Waals surface area contributed by atoms with Gasteiger partial charge in [0.1, 0.15) is 11.9 Å². The highest BCUT2D eigenvalue weighted by molar-refractivity contribution is 6.42. The predicted octanol–water partition coefficient (Wildman–Crippen LogP) is 3.93. The number of benzene rings is 1. The summed E-state index contributed by atoms with van der Waals surface area (Å²) in [6.07, 6.45) is 0.00452. The lowest BCUT2D eigenvalue weighted by molar-refractivity contribution is -0.106. The molecule has 19 heavy (non-hydrogen) atoms.